The number of benzene rings is 2. The average molecular weight is 347 g/mol. The number of primary amides is 1. The first-order chi connectivity index (χ1) is 11.5. The zero-order valence-electron chi connectivity index (χ0n) is 13.3. The van der Waals surface area contributed by atoms with Crippen LogP contribution in [0.3, 0.4) is 0 Å². The number of aryl methyl sites for hydroxylation is 1. The van der Waals surface area contributed by atoms with E-state index in [4.69, 9.17) is 22.1 Å². The topological polar surface area (TPSA) is 81.4 Å². The summed E-state index contributed by atoms with van der Waals surface area (Å²) in [5.41, 5.74) is 7.80. The van der Waals surface area contributed by atoms with Crippen LogP contribution in [0.25, 0.3) is 0 Å². The molecule has 0 aliphatic rings. The van der Waals surface area contributed by atoms with Crippen molar-refractivity contribution in [3.05, 3.63) is 64.2 Å². The molecule has 5 nitrogen and oxygen atoms in total. The molecule has 0 aliphatic heterocycles. The molecular weight excluding hydrogens is 328 g/mol. The van der Waals surface area contributed by atoms with Crippen molar-refractivity contribution in [1.82, 2.24) is 5.32 Å². The van der Waals surface area contributed by atoms with E-state index in [1.165, 1.54) is 23.3 Å². The van der Waals surface area contributed by atoms with E-state index >= 15 is 0 Å². The highest BCUT2D eigenvalue weighted by Gasteiger charge is 2.12. The lowest BCUT2D eigenvalue weighted by Crippen LogP contribution is -2.31. The molecule has 2 amide bonds. The minimum absolute atomic E-state index is 0.148. The highest BCUT2D eigenvalue weighted by molar-refractivity contribution is 6.31. The van der Waals surface area contributed by atoms with Gasteiger partial charge in [0.05, 0.1) is 5.56 Å². The first-order valence-electron chi connectivity index (χ1n) is 7.50. The van der Waals surface area contributed by atoms with Crippen molar-refractivity contribution in [3.8, 4) is 5.75 Å². The zero-order valence-corrected chi connectivity index (χ0v) is 14.1. The van der Waals surface area contributed by atoms with Gasteiger partial charge in [0.25, 0.3) is 11.8 Å². The summed E-state index contributed by atoms with van der Waals surface area (Å²) in [5.74, 6) is -0.692. The van der Waals surface area contributed by atoms with Gasteiger partial charge in [0.2, 0.25) is 0 Å². The third kappa shape index (κ3) is 4.99. The first-order valence-corrected chi connectivity index (χ1v) is 7.88. The summed E-state index contributed by atoms with van der Waals surface area (Å²) < 4.78 is 5.37. The molecular formula is C18H19ClN2O3. The lowest BCUT2D eigenvalue weighted by atomic mass is 10.1. The molecule has 0 spiro atoms. The smallest absolute Gasteiger partial charge is 0.257 e. The van der Waals surface area contributed by atoms with Crippen LogP contribution < -0.4 is 15.8 Å². The first kappa shape index (κ1) is 17.8. The molecule has 0 fully saturated rings. The van der Waals surface area contributed by atoms with Crippen LogP contribution in [0, 0.1) is 6.92 Å². The Kier molecular flexibility index (Phi) is 6.21. The van der Waals surface area contributed by atoms with Crippen molar-refractivity contribution in [1.29, 1.82) is 0 Å². The van der Waals surface area contributed by atoms with E-state index in [0.717, 1.165) is 6.42 Å². The van der Waals surface area contributed by atoms with Gasteiger partial charge in [0.15, 0.2) is 6.61 Å². The van der Waals surface area contributed by atoms with Crippen LogP contribution in [-0.4, -0.2) is 25.0 Å². The number of ether oxygens (including phenoxy) is 1. The van der Waals surface area contributed by atoms with E-state index in [-0.39, 0.29) is 23.8 Å². The van der Waals surface area contributed by atoms with E-state index in [1.807, 2.05) is 31.2 Å². The van der Waals surface area contributed by atoms with E-state index in [2.05, 4.69) is 5.32 Å². The van der Waals surface area contributed by atoms with Gasteiger partial charge in [-0.25, -0.2) is 0 Å². The molecule has 0 unspecified atom stereocenters. The summed E-state index contributed by atoms with van der Waals surface area (Å²) in [7, 11) is 0. The van der Waals surface area contributed by atoms with Crippen molar-refractivity contribution in [2.75, 3.05) is 13.2 Å². The quantitative estimate of drug-likeness (QED) is 0.808. The maximum absolute atomic E-state index is 11.9. The maximum Gasteiger partial charge on any atom is 0.257 e. The molecule has 24 heavy (non-hydrogen) atoms. The Morgan fingerprint density at radius 2 is 1.96 bits per heavy atom. The zero-order chi connectivity index (χ0) is 17.5. The van der Waals surface area contributed by atoms with Gasteiger partial charge in [-0.05, 0) is 42.7 Å². The highest BCUT2D eigenvalue weighted by atomic mass is 35.5. The third-order valence-electron chi connectivity index (χ3n) is 3.54. The molecule has 126 valence electrons. The largest absolute Gasteiger partial charge is 0.483 e. The summed E-state index contributed by atoms with van der Waals surface area (Å²) in [6.45, 7) is 2.35. The van der Waals surface area contributed by atoms with Crippen molar-refractivity contribution < 1.29 is 14.3 Å². The standard InChI is InChI=1S/C18H19ClN2O3/c1-12-4-2-3-5-13(12)8-9-21-17(22)11-24-16-7-6-14(19)10-15(16)18(20)23/h2-7,10H,8-9,11H2,1H3,(H2,20,23)(H,21,22). The number of rotatable bonds is 7. The molecule has 0 atom stereocenters. The van der Waals surface area contributed by atoms with Gasteiger partial charge in [-0.1, -0.05) is 35.9 Å². The van der Waals surface area contributed by atoms with E-state index in [0.29, 0.717) is 11.6 Å². The second-order valence-electron chi connectivity index (χ2n) is 5.32. The Morgan fingerprint density at radius 3 is 2.67 bits per heavy atom. The van der Waals surface area contributed by atoms with E-state index in [9.17, 15) is 9.59 Å². The summed E-state index contributed by atoms with van der Waals surface area (Å²) >= 11 is 5.82. The van der Waals surface area contributed by atoms with Crippen LogP contribution in [0.5, 0.6) is 5.75 Å². The molecule has 6 heteroatoms. The van der Waals surface area contributed by atoms with E-state index < -0.39 is 5.91 Å². The number of halogens is 1. The normalized spacial score (nSPS) is 10.2. The Labute approximate surface area is 145 Å². The molecule has 0 heterocycles. The van der Waals surface area contributed by atoms with Crippen molar-refractivity contribution >= 4 is 23.4 Å². The fourth-order valence-electron chi connectivity index (χ4n) is 2.24. The van der Waals surface area contributed by atoms with Crippen LogP contribution in [0.15, 0.2) is 42.5 Å². The predicted octanol–water partition coefficient (Wildman–Crippen LogP) is 2.49. The minimum Gasteiger partial charge on any atom is -0.483 e. The molecule has 0 saturated heterocycles. The molecule has 0 aliphatic carbocycles. The molecule has 2 rings (SSSR count). The number of hydrogen-bond donors (Lipinski definition) is 2. The van der Waals surface area contributed by atoms with Gasteiger partial charge in [-0.3, -0.25) is 9.59 Å². The van der Waals surface area contributed by atoms with Gasteiger partial charge in [-0.2, -0.15) is 0 Å². The highest BCUT2D eigenvalue weighted by Crippen LogP contribution is 2.22. The molecule has 2 aromatic rings. The van der Waals surface area contributed by atoms with E-state index in [1.54, 1.807) is 6.07 Å². The van der Waals surface area contributed by atoms with Crippen molar-refractivity contribution in [2.24, 2.45) is 5.73 Å². The van der Waals surface area contributed by atoms with Gasteiger partial charge in [0, 0.05) is 11.6 Å². The Morgan fingerprint density at radius 1 is 1.21 bits per heavy atom. The lowest BCUT2D eigenvalue weighted by Gasteiger charge is -2.11. The minimum atomic E-state index is -0.660. The third-order valence-corrected chi connectivity index (χ3v) is 3.78. The van der Waals surface area contributed by atoms with Crippen LogP contribution in [0.1, 0.15) is 21.5 Å². The van der Waals surface area contributed by atoms with Crippen LogP contribution in [0.2, 0.25) is 5.02 Å². The van der Waals surface area contributed by atoms with Gasteiger partial charge >= 0.3 is 0 Å². The average Bonchev–Trinajstić information content (AvgIpc) is 2.55. The Balaban J connectivity index is 1.84. The molecule has 0 aromatic heterocycles. The molecule has 2 aromatic carbocycles. The second kappa shape index (κ2) is 8.36. The fraction of sp³-hybridized carbons (Fsp3) is 0.222. The van der Waals surface area contributed by atoms with Crippen molar-refractivity contribution in [3.63, 3.8) is 0 Å². The van der Waals surface area contributed by atoms with Gasteiger partial charge in [0.1, 0.15) is 5.75 Å². The number of carbonyl (C=O) groups is 2. The Hall–Kier alpha value is -2.53. The summed E-state index contributed by atoms with van der Waals surface area (Å²) in [6.07, 6.45) is 0.742. The van der Waals surface area contributed by atoms with Crippen molar-refractivity contribution in [2.45, 2.75) is 13.3 Å². The molecule has 0 radical (unpaired) electrons. The van der Waals surface area contributed by atoms with Gasteiger partial charge < -0.3 is 15.8 Å². The number of nitrogens with two attached hydrogens (primary N) is 1. The van der Waals surface area contributed by atoms with Gasteiger partial charge in [-0.15, -0.1) is 0 Å². The second-order valence-corrected chi connectivity index (χ2v) is 5.76. The fourth-order valence-corrected chi connectivity index (χ4v) is 2.41. The van der Waals surface area contributed by atoms with Crippen LogP contribution >= 0.6 is 11.6 Å². The predicted molar refractivity (Wildman–Crippen MR) is 93.4 cm³/mol. The molecule has 0 bridgehead atoms. The molecule has 0 saturated carbocycles. The summed E-state index contributed by atoms with van der Waals surface area (Å²) in [5, 5.41) is 3.16. The summed E-state index contributed by atoms with van der Waals surface area (Å²) in [4.78, 5) is 23.2. The Bertz CT molecular complexity index is 747. The maximum atomic E-state index is 11.9. The number of nitrogens with one attached hydrogen (secondary N) is 1. The monoisotopic (exact) mass is 346 g/mol. The van der Waals surface area contributed by atoms with Crippen LogP contribution in [0.4, 0.5) is 0 Å². The molecule has 3 N–H and O–H groups in total. The van der Waals surface area contributed by atoms with Crippen LogP contribution in [-0.2, 0) is 11.2 Å². The number of amides is 2. The lowest BCUT2D eigenvalue weighted by molar-refractivity contribution is -0.123. The SMILES string of the molecule is Cc1ccccc1CCNC(=O)COc1ccc(Cl)cc1C(N)=O. The number of carbonyl (C=O) groups excluding carboxylic acids is 2. The summed E-state index contributed by atoms with van der Waals surface area (Å²) in [6, 6.07) is 12.5. The number of hydrogen-bond acceptors (Lipinski definition) is 3.